The molecule has 4 saturated carbocycles. The van der Waals surface area contributed by atoms with Gasteiger partial charge < -0.3 is 64.6 Å². The number of likely N-dealkylation sites (N-methyl/N-ethyl adjacent to an activating group) is 1. The summed E-state index contributed by atoms with van der Waals surface area (Å²) in [7, 11) is 1.60. The summed E-state index contributed by atoms with van der Waals surface area (Å²) >= 11 is 1.38. The van der Waals surface area contributed by atoms with Crippen LogP contribution in [0.4, 0.5) is 9.93 Å². The number of nitrogens with one attached hydrogen (secondary N) is 1. The number of nitrogens with zero attached hydrogens (tertiary/aromatic N) is 6. The van der Waals surface area contributed by atoms with E-state index in [2.05, 4.69) is 34.1 Å². The Hall–Kier alpha value is -7.68. The molecule has 4 aromatic heterocycles. The lowest BCUT2D eigenvalue weighted by atomic mass is 9.39. The summed E-state index contributed by atoms with van der Waals surface area (Å²) in [4.78, 5) is 67.5. The average Bonchev–Trinajstić information content (AvgIpc) is 2.26. The molecule has 23 nitrogen and oxygen atoms in total. The second-order valence-corrected chi connectivity index (χ2v) is 24.8. The summed E-state index contributed by atoms with van der Waals surface area (Å²) in [6.45, 7) is 8.34. The molecule has 5 fully saturated rings. The fourth-order valence-corrected chi connectivity index (χ4v) is 15.0. The number of aliphatic carboxylic acids is 1. The van der Waals surface area contributed by atoms with Crippen LogP contribution in [-0.2, 0) is 36.9 Å². The quantitative estimate of drug-likeness (QED) is 0.0334. The van der Waals surface area contributed by atoms with Crippen LogP contribution in [0, 0.1) is 23.2 Å². The van der Waals surface area contributed by atoms with Crippen molar-refractivity contribution in [2.45, 2.75) is 109 Å². The number of carbonyl (C=O) groups excluding carboxylic acids is 2. The number of aliphatic hydroxyl groups is 3. The van der Waals surface area contributed by atoms with Gasteiger partial charge in [-0.05, 0) is 116 Å². The number of rotatable bonds is 22. The molecule has 5 heterocycles. The van der Waals surface area contributed by atoms with E-state index in [9.17, 15) is 44.7 Å². The van der Waals surface area contributed by atoms with Crippen molar-refractivity contribution >= 4 is 61.5 Å². The fourth-order valence-electron chi connectivity index (χ4n) is 14.2. The van der Waals surface area contributed by atoms with E-state index >= 15 is 0 Å². The predicted octanol–water partition coefficient (Wildman–Crippen LogP) is 7.06. The molecule has 4 bridgehead atoms. The number of pyridine rings is 2. The van der Waals surface area contributed by atoms with Gasteiger partial charge >= 0.3 is 18.0 Å². The number of fused-ring (bicyclic) bond motifs is 2. The zero-order valence-electron chi connectivity index (χ0n) is 47.4. The van der Waals surface area contributed by atoms with E-state index in [1.165, 1.54) is 22.3 Å². The molecule has 0 radical (unpaired) electrons. The van der Waals surface area contributed by atoms with Gasteiger partial charge in [-0.2, -0.15) is 5.10 Å². The van der Waals surface area contributed by atoms with Crippen molar-refractivity contribution in [1.29, 1.82) is 0 Å². The Morgan fingerprint density at radius 3 is 2.36 bits per heavy atom. The predicted molar refractivity (Wildman–Crippen MR) is 310 cm³/mol. The van der Waals surface area contributed by atoms with Gasteiger partial charge in [0.15, 0.2) is 16.9 Å². The highest BCUT2D eigenvalue weighted by Crippen LogP contribution is 2.72. The minimum Gasteiger partial charge on any atom is -0.491 e. The maximum absolute atomic E-state index is 13.7. The SMILES string of the molecule is Cc1c(-c2ccc(-c3cnc4cccc(C(=O)Nc5nc6ccccc6s5)c4c3)nc2C(=O)O)cnn1CC12CC3(C)CC(C)(C1)CC(OCCN(C)C(=O)OCc1ccc(OCCOCCN)cc1O[C@@H]1O[C@H](C(=O)O)[C@@H](O)[C@H](O)[C@H]1O)(C3)C2. The van der Waals surface area contributed by atoms with Crippen LogP contribution < -0.4 is 20.5 Å². The molecule has 1 aliphatic heterocycles. The monoisotopic (exact) mass is 1180 g/mol. The van der Waals surface area contributed by atoms with Crippen molar-refractivity contribution in [3.8, 4) is 33.9 Å². The number of aromatic carboxylic acids is 1. The van der Waals surface area contributed by atoms with Gasteiger partial charge in [0.05, 0.1) is 53.0 Å². The molecule has 448 valence electrons. The van der Waals surface area contributed by atoms with Crippen LogP contribution in [0.2, 0.25) is 0 Å². The minimum absolute atomic E-state index is 0.0103. The smallest absolute Gasteiger partial charge is 0.409 e. The number of anilines is 1. The molecule has 4 aliphatic carbocycles. The lowest BCUT2D eigenvalue weighted by Gasteiger charge is -2.69. The summed E-state index contributed by atoms with van der Waals surface area (Å²) in [6.07, 6.45) is -1.24. The number of carboxylic acids is 2. The molecule has 2 amide bonds. The lowest BCUT2D eigenvalue weighted by molar-refractivity contribution is -0.271. The number of carbonyl (C=O) groups is 4. The van der Waals surface area contributed by atoms with Crippen molar-refractivity contribution < 1.29 is 73.1 Å². The van der Waals surface area contributed by atoms with Crippen molar-refractivity contribution in [3.05, 3.63) is 114 Å². The van der Waals surface area contributed by atoms with E-state index in [1.54, 1.807) is 68.0 Å². The average molecular weight is 1190 g/mol. The van der Waals surface area contributed by atoms with Crippen LogP contribution in [0.1, 0.15) is 84.5 Å². The third-order valence-corrected chi connectivity index (χ3v) is 17.7. The molecular weight excluding hydrogens is 1120 g/mol. The first-order chi connectivity index (χ1) is 40.6. The van der Waals surface area contributed by atoms with E-state index in [-0.39, 0.29) is 66.6 Å². The number of aromatic nitrogens is 5. The van der Waals surface area contributed by atoms with E-state index in [0.717, 1.165) is 54.4 Å². The number of aliphatic hydroxyl groups excluding tert-OH is 3. The molecule has 24 heteroatoms. The molecule has 7 atom stereocenters. The zero-order chi connectivity index (χ0) is 60.0. The van der Waals surface area contributed by atoms with Crippen molar-refractivity contribution in [2.75, 3.05) is 51.9 Å². The Balaban J connectivity index is 0.753. The molecule has 8 N–H and O–H groups in total. The van der Waals surface area contributed by atoms with E-state index in [4.69, 9.17) is 39.3 Å². The number of para-hydroxylation sites is 1. The van der Waals surface area contributed by atoms with Crippen LogP contribution >= 0.6 is 11.3 Å². The Morgan fingerprint density at radius 2 is 1.61 bits per heavy atom. The third-order valence-electron chi connectivity index (χ3n) is 16.8. The van der Waals surface area contributed by atoms with E-state index in [0.29, 0.717) is 75.0 Å². The Morgan fingerprint density at radius 1 is 0.835 bits per heavy atom. The number of carboxylic acid groups (broad SMARTS) is 2. The topological polar surface area (TPSA) is 323 Å². The summed E-state index contributed by atoms with van der Waals surface area (Å²) in [6, 6.07) is 22.8. The second-order valence-electron chi connectivity index (χ2n) is 23.8. The highest BCUT2D eigenvalue weighted by Gasteiger charge is 2.66. The van der Waals surface area contributed by atoms with Crippen LogP contribution in [0.15, 0.2) is 91.3 Å². The zero-order valence-corrected chi connectivity index (χ0v) is 48.3. The maximum Gasteiger partial charge on any atom is 0.409 e. The first-order valence-corrected chi connectivity index (χ1v) is 28.9. The first-order valence-electron chi connectivity index (χ1n) is 28.1. The van der Waals surface area contributed by atoms with Crippen LogP contribution in [-0.4, -0.2) is 162 Å². The minimum atomic E-state index is -1.93. The third kappa shape index (κ3) is 12.3. The molecule has 7 aromatic rings. The van der Waals surface area contributed by atoms with Gasteiger partial charge in [-0.3, -0.25) is 19.8 Å². The number of thiazole rings is 1. The molecule has 85 heavy (non-hydrogen) atoms. The molecule has 12 rings (SSSR count). The Labute approximate surface area is 492 Å². The van der Waals surface area contributed by atoms with Gasteiger partial charge in [-0.1, -0.05) is 43.4 Å². The summed E-state index contributed by atoms with van der Waals surface area (Å²) < 4.78 is 38.1. The van der Waals surface area contributed by atoms with Gasteiger partial charge in [0, 0.05) is 77.8 Å². The van der Waals surface area contributed by atoms with Gasteiger partial charge in [0.25, 0.3) is 5.91 Å². The number of hydrogen-bond acceptors (Lipinski definition) is 19. The summed E-state index contributed by atoms with van der Waals surface area (Å²) in [5.74, 6) is -2.86. The highest BCUT2D eigenvalue weighted by molar-refractivity contribution is 7.22. The van der Waals surface area contributed by atoms with Crippen molar-refractivity contribution in [1.82, 2.24) is 29.6 Å². The van der Waals surface area contributed by atoms with Crippen molar-refractivity contribution in [3.63, 3.8) is 0 Å². The number of benzene rings is 3. The van der Waals surface area contributed by atoms with Crippen LogP contribution in [0.25, 0.3) is 43.5 Å². The number of hydrogen-bond donors (Lipinski definition) is 7. The van der Waals surface area contributed by atoms with E-state index < -0.39 is 54.3 Å². The molecule has 0 spiro atoms. The standard InChI is InChI=1S/C61H68N8O15S/c1-34-41(38-14-15-42(65-47(38)53(74)75)36-22-40-39(8-7-10-43(40)63-24-36)52(73)67-56-66-44-9-5-6-11-46(44)85-56)25-64-69(34)33-60-28-58(2)27-59(3,29-60)31-61(30-58,32-60)82-19-17-68(4)57(78)81-26-35-12-13-37(80-21-20-79-18-16-62)23-45(35)83-55-50(72)48(70)49(71)51(84-55)54(76)77/h5-15,22-25,48-51,55,70-72H,16-21,26-33,62H2,1-4H3,(H,74,75)(H,76,77)(H,66,67,73)/t48-,49-,50+,51-,55+,58?,59?,60?,61?/m0/s1. The van der Waals surface area contributed by atoms with Gasteiger partial charge in [0.1, 0.15) is 43.0 Å². The van der Waals surface area contributed by atoms with Crippen molar-refractivity contribution in [2.24, 2.45) is 22.0 Å². The maximum atomic E-state index is 13.7. The van der Waals surface area contributed by atoms with Crippen LogP contribution in [0.5, 0.6) is 11.5 Å². The molecular formula is C61H68N8O15S. The normalized spacial score (nSPS) is 25.9. The van der Waals surface area contributed by atoms with E-state index in [1.807, 2.05) is 35.9 Å². The molecule has 2 unspecified atom stereocenters. The Bertz CT molecular complexity index is 3640. The number of nitrogens with two attached hydrogens (primary N) is 1. The highest BCUT2D eigenvalue weighted by atomic mass is 32.1. The lowest BCUT2D eigenvalue weighted by Crippen LogP contribution is -2.64. The molecule has 5 aliphatic rings. The molecule has 3 aromatic carbocycles. The van der Waals surface area contributed by atoms with Gasteiger partial charge in [0.2, 0.25) is 6.29 Å². The fraction of sp³-hybridized carbons (Fsp3) is 0.443. The summed E-state index contributed by atoms with van der Waals surface area (Å²) in [5, 5.41) is 60.6. The number of amides is 2. The second kappa shape index (κ2) is 23.6. The van der Waals surface area contributed by atoms with Gasteiger partial charge in [-0.25, -0.2) is 24.4 Å². The summed E-state index contributed by atoms with van der Waals surface area (Å²) in [5.41, 5.74) is 9.41. The number of ether oxygens (including phenoxy) is 6. The van der Waals surface area contributed by atoms with Crippen LogP contribution in [0.3, 0.4) is 0 Å². The largest absolute Gasteiger partial charge is 0.491 e. The Kier molecular flexibility index (Phi) is 16.4. The van der Waals surface area contributed by atoms with Gasteiger partial charge in [-0.15, -0.1) is 0 Å². The first kappa shape index (κ1) is 59.1. The molecule has 1 saturated heterocycles.